The van der Waals surface area contributed by atoms with Gasteiger partial charge in [0.2, 0.25) is 0 Å². The number of aromatic nitrogens is 2. The molecule has 0 spiro atoms. The van der Waals surface area contributed by atoms with Crippen LogP contribution in [0.25, 0.3) is 0 Å². The average Bonchev–Trinajstić information content (AvgIpc) is 3.13. The van der Waals surface area contributed by atoms with Crippen molar-refractivity contribution in [3.8, 4) is 0 Å². The molecule has 0 radical (unpaired) electrons. The van der Waals surface area contributed by atoms with Crippen LogP contribution in [0.5, 0.6) is 0 Å². The van der Waals surface area contributed by atoms with E-state index in [9.17, 15) is 0 Å². The quantitative estimate of drug-likeness (QED) is 0.782. The number of rotatable bonds is 5. The summed E-state index contributed by atoms with van der Waals surface area (Å²) in [4.78, 5) is 12.3. The average molecular weight is 294 g/mol. The van der Waals surface area contributed by atoms with Crippen LogP contribution in [0, 0.1) is 0 Å². The van der Waals surface area contributed by atoms with Crippen LogP contribution in [-0.4, -0.2) is 16.0 Å². The van der Waals surface area contributed by atoms with E-state index < -0.39 is 0 Å². The van der Waals surface area contributed by atoms with Gasteiger partial charge in [0.05, 0.1) is 6.54 Å². The SMILES string of the molecule is CCc1c(Cl)ncnc1N(Cc1cccs1)C1CC1. The molecule has 0 saturated heterocycles. The summed E-state index contributed by atoms with van der Waals surface area (Å²) in [6, 6.07) is 4.88. The van der Waals surface area contributed by atoms with Crippen LogP contribution in [0.15, 0.2) is 23.8 Å². The first-order valence-electron chi connectivity index (χ1n) is 6.58. The van der Waals surface area contributed by atoms with Gasteiger partial charge >= 0.3 is 0 Å². The van der Waals surface area contributed by atoms with Crippen LogP contribution in [0.3, 0.4) is 0 Å². The molecule has 0 bridgehead atoms. The Kier molecular flexibility index (Phi) is 3.71. The molecule has 2 heterocycles. The predicted octanol–water partition coefficient (Wildman–Crippen LogP) is 3.92. The molecule has 1 saturated carbocycles. The summed E-state index contributed by atoms with van der Waals surface area (Å²) >= 11 is 8.00. The summed E-state index contributed by atoms with van der Waals surface area (Å²) in [7, 11) is 0. The minimum Gasteiger partial charge on any atom is -0.348 e. The highest BCUT2D eigenvalue weighted by Gasteiger charge is 2.31. The second kappa shape index (κ2) is 5.47. The minimum atomic E-state index is 0.587. The van der Waals surface area contributed by atoms with Gasteiger partial charge in [-0.1, -0.05) is 24.6 Å². The molecule has 19 heavy (non-hydrogen) atoms. The Morgan fingerprint density at radius 2 is 2.26 bits per heavy atom. The van der Waals surface area contributed by atoms with E-state index in [2.05, 4.69) is 39.3 Å². The summed E-state index contributed by atoms with van der Waals surface area (Å²) in [5.74, 6) is 1.01. The first-order chi connectivity index (χ1) is 9.29. The summed E-state index contributed by atoms with van der Waals surface area (Å²) in [5, 5.41) is 2.71. The van der Waals surface area contributed by atoms with E-state index in [1.165, 1.54) is 17.7 Å². The second-order valence-corrected chi connectivity index (χ2v) is 6.15. The van der Waals surface area contributed by atoms with Crippen molar-refractivity contribution < 1.29 is 0 Å². The number of nitrogens with zero attached hydrogens (tertiary/aromatic N) is 3. The Bertz CT molecular complexity index is 552. The van der Waals surface area contributed by atoms with Gasteiger partial charge in [-0.05, 0) is 30.7 Å². The van der Waals surface area contributed by atoms with E-state index in [4.69, 9.17) is 11.6 Å². The van der Waals surface area contributed by atoms with E-state index >= 15 is 0 Å². The van der Waals surface area contributed by atoms with E-state index in [0.29, 0.717) is 11.2 Å². The van der Waals surface area contributed by atoms with E-state index in [-0.39, 0.29) is 0 Å². The third-order valence-electron chi connectivity index (χ3n) is 3.39. The minimum absolute atomic E-state index is 0.587. The molecule has 1 fully saturated rings. The molecule has 0 aromatic carbocycles. The van der Waals surface area contributed by atoms with Crippen molar-refractivity contribution in [3.05, 3.63) is 39.4 Å². The lowest BCUT2D eigenvalue weighted by Crippen LogP contribution is -2.27. The molecule has 3 nitrogen and oxygen atoms in total. The van der Waals surface area contributed by atoms with E-state index in [1.807, 2.05) is 0 Å². The molecule has 1 aliphatic rings. The van der Waals surface area contributed by atoms with Gasteiger partial charge < -0.3 is 4.90 Å². The van der Waals surface area contributed by atoms with Crippen LogP contribution in [0.2, 0.25) is 5.15 Å². The van der Waals surface area contributed by atoms with Gasteiger partial charge in [-0.2, -0.15) is 0 Å². The predicted molar refractivity (Wildman–Crippen MR) is 79.9 cm³/mol. The molecule has 0 amide bonds. The van der Waals surface area contributed by atoms with E-state index in [0.717, 1.165) is 24.3 Å². The van der Waals surface area contributed by atoms with Gasteiger partial charge in [-0.15, -0.1) is 11.3 Å². The Hall–Kier alpha value is -1.13. The monoisotopic (exact) mass is 293 g/mol. The molecule has 0 atom stereocenters. The zero-order chi connectivity index (χ0) is 13.2. The summed E-state index contributed by atoms with van der Waals surface area (Å²) in [6.45, 7) is 3.02. The van der Waals surface area contributed by atoms with Crippen molar-refractivity contribution in [1.82, 2.24) is 9.97 Å². The number of hydrogen-bond donors (Lipinski definition) is 0. The molecular formula is C14H16ClN3S. The third kappa shape index (κ3) is 2.74. The third-order valence-corrected chi connectivity index (χ3v) is 4.58. The zero-order valence-electron chi connectivity index (χ0n) is 10.8. The first-order valence-corrected chi connectivity index (χ1v) is 7.83. The van der Waals surface area contributed by atoms with Crippen molar-refractivity contribution in [2.24, 2.45) is 0 Å². The van der Waals surface area contributed by atoms with Gasteiger partial charge in [-0.25, -0.2) is 9.97 Å². The lowest BCUT2D eigenvalue weighted by Gasteiger charge is -2.25. The molecule has 3 rings (SSSR count). The molecular weight excluding hydrogens is 278 g/mol. The van der Waals surface area contributed by atoms with Crippen LogP contribution in [0.1, 0.15) is 30.2 Å². The molecule has 2 aromatic heterocycles. The lowest BCUT2D eigenvalue weighted by molar-refractivity contribution is 0.773. The maximum atomic E-state index is 6.21. The van der Waals surface area contributed by atoms with Crippen molar-refractivity contribution in [3.63, 3.8) is 0 Å². The van der Waals surface area contributed by atoms with Crippen molar-refractivity contribution in [2.45, 2.75) is 38.8 Å². The molecule has 0 N–H and O–H groups in total. The Balaban J connectivity index is 1.94. The molecule has 0 unspecified atom stereocenters. The van der Waals surface area contributed by atoms with Gasteiger partial charge in [0.25, 0.3) is 0 Å². The highest BCUT2D eigenvalue weighted by Crippen LogP contribution is 2.35. The highest BCUT2D eigenvalue weighted by atomic mass is 35.5. The number of thiophene rings is 1. The molecule has 100 valence electrons. The number of hydrogen-bond acceptors (Lipinski definition) is 4. The number of anilines is 1. The molecule has 1 aliphatic carbocycles. The van der Waals surface area contributed by atoms with Gasteiger partial charge in [0, 0.05) is 16.5 Å². The summed E-state index contributed by atoms with van der Waals surface area (Å²) < 4.78 is 0. The van der Waals surface area contributed by atoms with Crippen molar-refractivity contribution in [2.75, 3.05) is 4.90 Å². The number of halogens is 1. The fourth-order valence-electron chi connectivity index (χ4n) is 2.27. The summed E-state index contributed by atoms with van der Waals surface area (Å²) in [5.41, 5.74) is 1.06. The fourth-order valence-corrected chi connectivity index (χ4v) is 3.23. The topological polar surface area (TPSA) is 29.0 Å². The second-order valence-electron chi connectivity index (χ2n) is 4.76. The van der Waals surface area contributed by atoms with Crippen LogP contribution in [0.4, 0.5) is 5.82 Å². The normalized spacial score (nSPS) is 14.6. The van der Waals surface area contributed by atoms with Gasteiger partial charge in [0.15, 0.2) is 0 Å². The molecule has 5 heteroatoms. The molecule has 2 aromatic rings. The standard InChI is InChI=1S/C14H16ClN3S/c1-2-12-13(15)16-9-17-14(12)18(10-5-6-10)8-11-4-3-7-19-11/h3-4,7,9-10H,2,5-6,8H2,1H3. The Labute approximate surface area is 122 Å². The molecule has 0 aliphatic heterocycles. The largest absolute Gasteiger partial charge is 0.348 e. The van der Waals surface area contributed by atoms with Crippen molar-refractivity contribution >= 4 is 28.8 Å². The van der Waals surface area contributed by atoms with Crippen molar-refractivity contribution in [1.29, 1.82) is 0 Å². The highest BCUT2D eigenvalue weighted by molar-refractivity contribution is 7.09. The summed E-state index contributed by atoms with van der Waals surface area (Å²) in [6.07, 6.45) is 4.93. The van der Waals surface area contributed by atoms with Gasteiger partial charge in [-0.3, -0.25) is 0 Å². The zero-order valence-corrected chi connectivity index (χ0v) is 12.4. The maximum Gasteiger partial charge on any atom is 0.137 e. The Morgan fingerprint density at radius 1 is 1.42 bits per heavy atom. The maximum absolute atomic E-state index is 6.21. The van der Waals surface area contributed by atoms with E-state index in [1.54, 1.807) is 17.7 Å². The lowest BCUT2D eigenvalue weighted by atomic mass is 10.2. The Morgan fingerprint density at radius 3 is 2.89 bits per heavy atom. The van der Waals surface area contributed by atoms with Gasteiger partial charge in [0.1, 0.15) is 17.3 Å². The van der Waals surface area contributed by atoms with Crippen LogP contribution < -0.4 is 4.90 Å². The smallest absolute Gasteiger partial charge is 0.137 e. The van der Waals surface area contributed by atoms with Crippen LogP contribution in [-0.2, 0) is 13.0 Å². The first kappa shape index (κ1) is 12.9. The fraction of sp³-hybridized carbons (Fsp3) is 0.429. The van der Waals surface area contributed by atoms with Crippen LogP contribution >= 0.6 is 22.9 Å².